The fraction of sp³-hybridized carbons (Fsp3) is 0.103. The van der Waals surface area contributed by atoms with Crippen LogP contribution in [0.15, 0.2) is 102 Å². The minimum atomic E-state index is -0.197. The molecule has 0 aliphatic carbocycles. The second-order valence-electron chi connectivity index (χ2n) is 8.81. The molecule has 4 heterocycles. The molecule has 1 atom stereocenters. The van der Waals surface area contributed by atoms with Crippen LogP contribution < -0.4 is 10.9 Å². The molecule has 0 amide bonds. The van der Waals surface area contributed by atoms with Gasteiger partial charge in [0, 0.05) is 42.6 Å². The second-order valence-corrected chi connectivity index (χ2v) is 8.81. The Labute approximate surface area is 207 Å². The van der Waals surface area contributed by atoms with E-state index in [0.29, 0.717) is 5.39 Å². The van der Waals surface area contributed by atoms with Gasteiger partial charge in [-0.2, -0.15) is 5.10 Å². The molecule has 176 valence electrons. The summed E-state index contributed by atoms with van der Waals surface area (Å²) in [6.45, 7) is 2.06. The molecule has 0 aliphatic heterocycles. The fourth-order valence-corrected chi connectivity index (χ4v) is 4.75. The Morgan fingerprint density at radius 3 is 2.58 bits per heavy atom. The number of rotatable bonds is 5. The predicted octanol–water partition coefficient (Wildman–Crippen LogP) is 5.51. The molecule has 1 unspecified atom stereocenters. The first kappa shape index (κ1) is 21.7. The van der Waals surface area contributed by atoms with Crippen molar-refractivity contribution < 1.29 is 0 Å². The second kappa shape index (κ2) is 8.78. The Morgan fingerprint density at radius 2 is 1.78 bits per heavy atom. The third-order valence-corrected chi connectivity index (χ3v) is 6.42. The van der Waals surface area contributed by atoms with Crippen LogP contribution in [-0.2, 0) is 7.05 Å². The number of pyridine rings is 3. The van der Waals surface area contributed by atoms with E-state index < -0.39 is 0 Å². The Morgan fingerprint density at radius 1 is 0.917 bits per heavy atom. The lowest BCUT2D eigenvalue weighted by molar-refractivity contribution is 0.768. The van der Waals surface area contributed by atoms with Crippen LogP contribution in [0.3, 0.4) is 0 Å². The number of fused-ring (bicyclic) bond motifs is 2. The van der Waals surface area contributed by atoms with Crippen molar-refractivity contribution in [1.82, 2.24) is 24.3 Å². The minimum Gasteiger partial charge on any atom is -0.375 e. The lowest BCUT2D eigenvalue weighted by atomic mass is 9.99. The van der Waals surface area contributed by atoms with E-state index in [0.717, 1.165) is 44.6 Å². The number of benzene rings is 2. The molecule has 4 aromatic heterocycles. The van der Waals surface area contributed by atoms with E-state index in [1.54, 1.807) is 27.8 Å². The first-order valence-corrected chi connectivity index (χ1v) is 11.8. The Hall–Kier alpha value is -4.78. The van der Waals surface area contributed by atoms with Gasteiger partial charge in [0.25, 0.3) is 5.56 Å². The molecule has 0 bridgehead atoms. The van der Waals surface area contributed by atoms with Crippen LogP contribution >= 0.6 is 0 Å². The molecule has 2 aromatic carbocycles. The summed E-state index contributed by atoms with van der Waals surface area (Å²) in [5, 5.41) is 9.44. The van der Waals surface area contributed by atoms with Gasteiger partial charge in [-0.1, -0.05) is 36.4 Å². The number of nitrogens with one attached hydrogen (secondary N) is 1. The average molecular weight is 473 g/mol. The van der Waals surface area contributed by atoms with Crippen LogP contribution in [0.2, 0.25) is 0 Å². The molecular weight excluding hydrogens is 448 g/mol. The molecule has 0 saturated carbocycles. The standard InChI is InChI=1S/C29H24N6O/c1-19(33-25-13-15-30-24-12-7-14-31-28(24)25)26-16-20-8-6-11-23(21-17-32-34(2)18-21)27(20)29(36)35(26)22-9-4-3-5-10-22/h3-19H,1-2H3,(H,30,33). The summed E-state index contributed by atoms with van der Waals surface area (Å²) in [7, 11) is 1.88. The van der Waals surface area contributed by atoms with Crippen molar-refractivity contribution in [2.45, 2.75) is 13.0 Å². The number of aromatic nitrogens is 5. The first-order valence-electron chi connectivity index (χ1n) is 11.8. The quantitative estimate of drug-likeness (QED) is 0.358. The zero-order valence-corrected chi connectivity index (χ0v) is 20.0. The van der Waals surface area contributed by atoms with Gasteiger partial charge in [-0.15, -0.1) is 0 Å². The van der Waals surface area contributed by atoms with E-state index in [1.807, 2.05) is 80.0 Å². The van der Waals surface area contributed by atoms with Gasteiger partial charge in [-0.3, -0.25) is 24.0 Å². The molecular formula is C29H24N6O. The van der Waals surface area contributed by atoms with Gasteiger partial charge in [0.05, 0.1) is 28.8 Å². The minimum absolute atomic E-state index is 0.0699. The van der Waals surface area contributed by atoms with E-state index in [-0.39, 0.29) is 11.6 Å². The number of nitrogens with zero attached hydrogens (tertiary/aromatic N) is 5. The van der Waals surface area contributed by atoms with E-state index in [9.17, 15) is 4.79 Å². The Balaban J connectivity index is 1.57. The molecule has 1 N–H and O–H groups in total. The maximum absolute atomic E-state index is 14.2. The first-order chi connectivity index (χ1) is 17.6. The van der Waals surface area contributed by atoms with Gasteiger partial charge >= 0.3 is 0 Å². The van der Waals surface area contributed by atoms with Crippen molar-refractivity contribution >= 4 is 27.5 Å². The van der Waals surface area contributed by atoms with Gasteiger partial charge in [0.2, 0.25) is 0 Å². The molecule has 0 fully saturated rings. The van der Waals surface area contributed by atoms with Crippen molar-refractivity contribution in [3.05, 3.63) is 114 Å². The SMILES string of the molecule is CC(Nc1ccnc2cccnc12)c1cc2cccc(-c3cnn(C)c3)c2c(=O)n1-c1ccccc1. The fourth-order valence-electron chi connectivity index (χ4n) is 4.75. The number of para-hydroxylation sites is 1. The molecule has 36 heavy (non-hydrogen) atoms. The predicted molar refractivity (Wildman–Crippen MR) is 143 cm³/mol. The molecule has 6 rings (SSSR count). The third kappa shape index (κ3) is 3.71. The van der Waals surface area contributed by atoms with E-state index >= 15 is 0 Å². The summed E-state index contributed by atoms with van der Waals surface area (Å²) in [6, 6.07) is 23.3. The average Bonchev–Trinajstić information content (AvgIpc) is 3.35. The highest BCUT2D eigenvalue weighted by Gasteiger charge is 2.19. The number of hydrogen-bond donors (Lipinski definition) is 1. The Kier molecular flexibility index (Phi) is 5.30. The van der Waals surface area contributed by atoms with Crippen LogP contribution in [0.4, 0.5) is 5.69 Å². The monoisotopic (exact) mass is 472 g/mol. The molecule has 0 saturated heterocycles. The zero-order valence-electron chi connectivity index (χ0n) is 20.0. The number of aryl methyl sites for hydroxylation is 1. The van der Waals surface area contributed by atoms with Crippen molar-refractivity contribution in [1.29, 1.82) is 0 Å². The van der Waals surface area contributed by atoms with E-state index in [1.165, 1.54) is 0 Å². The molecule has 0 aliphatic rings. The molecule has 6 aromatic rings. The highest BCUT2D eigenvalue weighted by molar-refractivity contribution is 5.96. The van der Waals surface area contributed by atoms with Gasteiger partial charge in [0.15, 0.2) is 0 Å². The number of anilines is 1. The van der Waals surface area contributed by atoms with E-state index in [4.69, 9.17) is 0 Å². The smallest absolute Gasteiger partial charge is 0.263 e. The van der Waals surface area contributed by atoms with Crippen LogP contribution in [0.25, 0.3) is 38.6 Å². The van der Waals surface area contributed by atoms with E-state index in [2.05, 4.69) is 33.4 Å². The molecule has 7 nitrogen and oxygen atoms in total. The van der Waals surface area contributed by atoms with Crippen LogP contribution in [0, 0.1) is 0 Å². The molecule has 0 radical (unpaired) electrons. The van der Waals surface area contributed by atoms with Crippen LogP contribution in [0.1, 0.15) is 18.7 Å². The highest BCUT2D eigenvalue weighted by Crippen LogP contribution is 2.30. The summed E-state index contributed by atoms with van der Waals surface area (Å²) >= 11 is 0. The summed E-state index contributed by atoms with van der Waals surface area (Å²) in [4.78, 5) is 23.1. The molecule has 7 heteroatoms. The molecule has 0 spiro atoms. The van der Waals surface area contributed by atoms with Gasteiger partial charge in [-0.05, 0) is 54.3 Å². The lowest BCUT2D eigenvalue weighted by Crippen LogP contribution is -2.26. The Bertz CT molecular complexity index is 1770. The van der Waals surface area contributed by atoms with Crippen molar-refractivity contribution in [3.8, 4) is 16.8 Å². The van der Waals surface area contributed by atoms with Crippen molar-refractivity contribution in [3.63, 3.8) is 0 Å². The maximum atomic E-state index is 14.2. The summed E-state index contributed by atoms with van der Waals surface area (Å²) in [5.74, 6) is 0. The zero-order chi connectivity index (χ0) is 24.6. The third-order valence-electron chi connectivity index (χ3n) is 6.42. The van der Waals surface area contributed by atoms with Gasteiger partial charge < -0.3 is 5.32 Å². The topological polar surface area (TPSA) is 77.6 Å². The van der Waals surface area contributed by atoms with Gasteiger partial charge in [-0.25, -0.2) is 0 Å². The van der Waals surface area contributed by atoms with Crippen LogP contribution in [0.5, 0.6) is 0 Å². The van der Waals surface area contributed by atoms with Crippen molar-refractivity contribution in [2.75, 3.05) is 5.32 Å². The summed E-state index contributed by atoms with van der Waals surface area (Å²) in [6.07, 6.45) is 7.25. The summed E-state index contributed by atoms with van der Waals surface area (Å²) < 4.78 is 3.55. The van der Waals surface area contributed by atoms with Gasteiger partial charge in [0.1, 0.15) is 5.52 Å². The lowest BCUT2D eigenvalue weighted by Gasteiger charge is -2.22. The maximum Gasteiger partial charge on any atom is 0.263 e. The highest BCUT2D eigenvalue weighted by atomic mass is 16.1. The van der Waals surface area contributed by atoms with Crippen molar-refractivity contribution in [2.24, 2.45) is 7.05 Å². The van der Waals surface area contributed by atoms with Crippen LogP contribution in [-0.4, -0.2) is 24.3 Å². The normalized spacial score (nSPS) is 12.2. The number of hydrogen-bond acceptors (Lipinski definition) is 5. The summed E-state index contributed by atoms with van der Waals surface area (Å²) in [5.41, 5.74) is 5.84. The largest absolute Gasteiger partial charge is 0.375 e.